The molecule has 1 unspecified atom stereocenters. The molecule has 1 aromatic carbocycles. The van der Waals surface area contributed by atoms with Crippen LogP contribution in [-0.4, -0.2) is 26.7 Å². The van der Waals surface area contributed by atoms with Crippen LogP contribution in [0.15, 0.2) is 30.3 Å². The van der Waals surface area contributed by atoms with E-state index in [1.54, 1.807) is 19.9 Å². The number of aliphatic carboxylic acids is 1. The maximum atomic E-state index is 10.8. The summed E-state index contributed by atoms with van der Waals surface area (Å²) >= 11 is 0. The molecule has 0 spiro atoms. The number of carboxylic acids is 1. The zero-order valence-corrected chi connectivity index (χ0v) is 11.3. The average Bonchev–Trinajstić information content (AvgIpc) is 2.36. The molecular weight excluding hydrogens is 262 g/mol. The molecule has 6 nitrogen and oxygen atoms in total. The Bertz CT molecular complexity index is 521. The first-order chi connectivity index (χ1) is 9.24. The van der Waals surface area contributed by atoms with Gasteiger partial charge in [0, 0.05) is 12.1 Å². The molecule has 0 aromatic heterocycles. The molecule has 0 aliphatic carbocycles. The van der Waals surface area contributed by atoms with Crippen LogP contribution in [0.2, 0.25) is 0 Å². The number of hydrogen-bond acceptors (Lipinski definition) is 4. The van der Waals surface area contributed by atoms with Crippen LogP contribution in [0, 0.1) is 16.0 Å². The summed E-state index contributed by atoms with van der Waals surface area (Å²) in [7, 11) is 0. The summed E-state index contributed by atoms with van der Waals surface area (Å²) in [4.78, 5) is 20.8. The quantitative estimate of drug-likeness (QED) is 0.615. The normalized spacial score (nSPS) is 14.4. The summed E-state index contributed by atoms with van der Waals surface area (Å²) in [5.41, 5.74) is -0.819. The smallest absolute Gasteiger partial charge is 0.306 e. The topological polar surface area (TPSA) is 101 Å². The molecule has 0 heterocycles. The van der Waals surface area contributed by atoms with Crippen LogP contribution in [0.4, 0.5) is 5.69 Å². The van der Waals surface area contributed by atoms with Crippen LogP contribution >= 0.6 is 0 Å². The van der Waals surface area contributed by atoms with E-state index in [0.717, 1.165) is 0 Å². The van der Waals surface area contributed by atoms with E-state index >= 15 is 0 Å². The molecule has 1 aromatic rings. The van der Waals surface area contributed by atoms with E-state index in [-0.39, 0.29) is 11.6 Å². The molecule has 0 fully saturated rings. The van der Waals surface area contributed by atoms with Gasteiger partial charge in [0.1, 0.15) is 0 Å². The van der Waals surface area contributed by atoms with Crippen LogP contribution in [0.3, 0.4) is 0 Å². The fourth-order valence-corrected chi connectivity index (χ4v) is 1.65. The minimum Gasteiger partial charge on any atom is -0.481 e. The van der Waals surface area contributed by atoms with Gasteiger partial charge in [-0.15, -0.1) is 0 Å². The SMILES string of the molecule is CC(C)C(O)(/C=C/c1ccc([N+](=O)[O-])cc1)CC(=O)O. The molecule has 0 amide bonds. The summed E-state index contributed by atoms with van der Waals surface area (Å²) in [6.45, 7) is 3.45. The number of rotatable bonds is 6. The minimum absolute atomic E-state index is 0.0215. The van der Waals surface area contributed by atoms with E-state index in [1.807, 2.05) is 0 Å². The summed E-state index contributed by atoms with van der Waals surface area (Å²) in [5, 5.41) is 29.6. The van der Waals surface area contributed by atoms with Crippen molar-refractivity contribution in [2.75, 3.05) is 0 Å². The molecule has 0 saturated carbocycles. The number of nitro groups is 1. The van der Waals surface area contributed by atoms with Crippen molar-refractivity contribution in [1.29, 1.82) is 0 Å². The molecule has 1 rings (SSSR count). The zero-order valence-electron chi connectivity index (χ0n) is 11.3. The van der Waals surface area contributed by atoms with Gasteiger partial charge in [-0.3, -0.25) is 14.9 Å². The van der Waals surface area contributed by atoms with Gasteiger partial charge in [-0.05, 0) is 23.6 Å². The highest BCUT2D eigenvalue weighted by atomic mass is 16.6. The highest BCUT2D eigenvalue weighted by Gasteiger charge is 2.30. The Morgan fingerprint density at radius 3 is 2.35 bits per heavy atom. The van der Waals surface area contributed by atoms with Crippen molar-refractivity contribution in [2.24, 2.45) is 5.92 Å². The first kappa shape index (κ1) is 15.8. The van der Waals surface area contributed by atoms with Crippen molar-refractivity contribution < 1.29 is 19.9 Å². The first-order valence-electron chi connectivity index (χ1n) is 6.12. The fourth-order valence-electron chi connectivity index (χ4n) is 1.65. The Labute approximate surface area is 116 Å². The van der Waals surface area contributed by atoms with Gasteiger partial charge in [-0.25, -0.2) is 0 Å². The molecule has 108 valence electrons. The van der Waals surface area contributed by atoms with E-state index in [1.165, 1.54) is 30.3 Å². The van der Waals surface area contributed by atoms with Crippen LogP contribution in [0.1, 0.15) is 25.8 Å². The summed E-state index contributed by atoms with van der Waals surface area (Å²) < 4.78 is 0. The number of nitro benzene ring substituents is 1. The van der Waals surface area contributed by atoms with Gasteiger partial charge in [0.05, 0.1) is 16.9 Å². The number of carboxylic acid groups (broad SMARTS) is 1. The monoisotopic (exact) mass is 279 g/mol. The lowest BCUT2D eigenvalue weighted by Crippen LogP contribution is -2.35. The van der Waals surface area contributed by atoms with E-state index in [9.17, 15) is 20.0 Å². The van der Waals surface area contributed by atoms with Gasteiger partial charge < -0.3 is 10.2 Å². The second-order valence-corrected chi connectivity index (χ2v) is 4.90. The lowest BCUT2D eigenvalue weighted by atomic mass is 9.86. The van der Waals surface area contributed by atoms with Gasteiger partial charge in [0.25, 0.3) is 5.69 Å². The molecule has 0 bridgehead atoms. The van der Waals surface area contributed by atoms with Crippen molar-refractivity contribution >= 4 is 17.7 Å². The third-order valence-electron chi connectivity index (χ3n) is 3.10. The Kier molecular flexibility index (Phi) is 4.99. The van der Waals surface area contributed by atoms with Crippen LogP contribution in [0.25, 0.3) is 6.08 Å². The molecule has 0 aliphatic heterocycles. The Morgan fingerprint density at radius 1 is 1.40 bits per heavy atom. The number of nitrogens with zero attached hydrogens (tertiary/aromatic N) is 1. The minimum atomic E-state index is -1.45. The maximum Gasteiger partial charge on any atom is 0.306 e. The Morgan fingerprint density at radius 2 is 1.95 bits per heavy atom. The predicted octanol–water partition coefficient (Wildman–Crippen LogP) is 2.47. The number of benzene rings is 1. The van der Waals surface area contributed by atoms with Crippen molar-refractivity contribution in [3.63, 3.8) is 0 Å². The van der Waals surface area contributed by atoms with E-state index < -0.39 is 22.9 Å². The largest absolute Gasteiger partial charge is 0.481 e. The molecular formula is C14H17NO5. The van der Waals surface area contributed by atoms with E-state index in [2.05, 4.69) is 0 Å². The standard InChI is InChI=1S/C14H17NO5/c1-10(2)14(18,9-13(16)17)8-7-11-3-5-12(6-4-11)15(19)20/h3-8,10,18H,9H2,1-2H3,(H,16,17)/b8-7+. The summed E-state index contributed by atoms with van der Waals surface area (Å²) in [6.07, 6.45) is 2.59. The highest BCUT2D eigenvalue weighted by Crippen LogP contribution is 2.24. The molecule has 2 N–H and O–H groups in total. The van der Waals surface area contributed by atoms with Gasteiger partial charge in [0.2, 0.25) is 0 Å². The number of non-ortho nitro benzene ring substituents is 1. The molecule has 6 heteroatoms. The van der Waals surface area contributed by atoms with Crippen molar-refractivity contribution in [2.45, 2.75) is 25.9 Å². The van der Waals surface area contributed by atoms with Crippen LogP contribution < -0.4 is 0 Å². The van der Waals surface area contributed by atoms with E-state index in [0.29, 0.717) is 5.56 Å². The van der Waals surface area contributed by atoms with Gasteiger partial charge in [-0.1, -0.05) is 26.0 Å². The second-order valence-electron chi connectivity index (χ2n) is 4.90. The number of aliphatic hydroxyl groups is 1. The predicted molar refractivity (Wildman–Crippen MR) is 74.2 cm³/mol. The second kappa shape index (κ2) is 6.29. The van der Waals surface area contributed by atoms with Gasteiger partial charge in [-0.2, -0.15) is 0 Å². The van der Waals surface area contributed by atoms with Gasteiger partial charge in [0.15, 0.2) is 0 Å². The Hall–Kier alpha value is -2.21. The molecule has 0 aliphatic rings. The molecule has 20 heavy (non-hydrogen) atoms. The summed E-state index contributed by atoms with van der Waals surface area (Å²) in [6, 6.07) is 5.78. The lowest BCUT2D eigenvalue weighted by molar-refractivity contribution is -0.384. The lowest BCUT2D eigenvalue weighted by Gasteiger charge is -2.27. The zero-order chi connectivity index (χ0) is 15.3. The average molecular weight is 279 g/mol. The van der Waals surface area contributed by atoms with Crippen molar-refractivity contribution in [3.05, 3.63) is 46.0 Å². The van der Waals surface area contributed by atoms with Crippen LogP contribution in [-0.2, 0) is 4.79 Å². The maximum absolute atomic E-state index is 10.8. The van der Waals surface area contributed by atoms with Crippen molar-refractivity contribution in [1.82, 2.24) is 0 Å². The van der Waals surface area contributed by atoms with Crippen LogP contribution in [0.5, 0.6) is 0 Å². The Balaban J connectivity index is 2.93. The first-order valence-corrected chi connectivity index (χ1v) is 6.12. The number of carbonyl (C=O) groups is 1. The molecule has 1 atom stereocenters. The highest BCUT2D eigenvalue weighted by molar-refractivity contribution is 5.69. The summed E-state index contributed by atoms with van der Waals surface area (Å²) in [5.74, 6) is -1.36. The van der Waals surface area contributed by atoms with E-state index in [4.69, 9.17) is 5.11 Å². The third kappa shape index (κ3) is 4.17. The van der Waals surface area contributed by atoms with Crippen molar-refractivity contribution in [3.8, 4) is 0 Å². The fraction of sp³-hybridized carbons (Fsp3) is 0.357. The van der Waals surface area contributed by atoms with Gasteiger partial charge >= 0.3 is 5.97 Å². The molecule has 0 radical (unpaired) electrons. The molecule has 0 saturated heterocycles. The number of hydrogen-bond donors (Lipinski definition) is 2. The third-order valence-corrected chi connectivity index (χ3v) is 3.10.